The number of carbonyl (C=O) groups excluding carboxylic acids is 1. The monoisotopic (exact) mass is 337 g/mol. The summed E-state index contributed by atoms with van der Waals surface area (Å²) >= 11 is 0. The first-order valence-corrected chi connectivity index (χ1v) is 8.67. The van der Waals surface area contributed by atoms with Crippen molar-refractivity contribution in [2.45, 2.75) is 24.7 Å². The Kier molecular flexibility index (Phi) is 5.89. The number of aromatic nitrogens is 1. The molecule has 2 N–H and O–H groups in total. The van der Waals surface area contributed by atoms with Crippen molar-refractivity contribution in [2.24, 2.45) is 0 Å². The van der Waals surface area contributed by atoms with Crippen LogP contribution in [0.1, 0.15) is 17.5 Å². The Bertz CT molecular complexity index is 742. The van der Waals surface area contributed by atoms with E-state index in [4.69, 9.17) is 4.52 Å². The van der Waals surface area contributed by atoms with Crippen molar-refractivity contribution in [3.63, 3.8) is 0 Å². The van der Waals surface area contributed by atoms with Crippen LogP contribution < -0.4 is 10.0 Å². The quantitative estimate of drug-likeness (QED) is 0.700. The van der Waals surface area contributed by atoms with Crippen LogP contribution in [-0.2, 0) is 21.2 Å². The molecule has 0 spiro atoms. The van der Waals surface area contributed by atoms with Gasteiger partial charge in [-0.25, -0.2) is 13.1 Å². The van der Waals surface area contributed by atoms with Crippen molar-refractivity contribution < 1.29 is 17.7 Å². The molecule has 2 aromatic rings. The molecule has 0 fully saturated rings. The molecule has 0 bridgehead atoms. The van der Waals surface area contributed by atoms with Gasteiger partial charge in [-0.1, -0.05) is 17.3 Å². The van der Waals surface area contributed by atoms with Gasteiger partial charge in [0, 0.05) is 12.1 Å². The normalized spacial score (nSPS) is 11.3. The molecule has 2 rings (SSSR count). The van der Waals surface area contributed by atoms with E-state index in [2.05, 4.69) is 15.2 Å². The summed E-state index contributed by atoms with van der Waals surface area (Å²) in [7, 11) is -3.68. The molecule has 1 amide bonds. The second-order valence-electron chi connectivity index (χ2n) is 5.13. The van der Waals surface area contributed by atoms with Gasteiger partial charge in [-0.3, -0.25) is 4.79 Å². The number of hydrogen-bond donors (Lipinski definition) is 2. The number of aryl methyl sites for hydroxylation is 2. The van der Waals surface area contributed by atoms with Crippen molar-refractivity contribution in [3.05, 3.63) is 47.9 Å². The van der Waals surface area contributed by atoms with Gasteiger partial charge >= 0.3 is 0 Å². The predicted octanol–water partition coefficient (Wildman–Crippen LogP) is 1.01. The van der Waals surface area contributed by atoms with Gasteiger partial charge in [-0.15, -0.1) is 0 Å². The standard InChI is InChI=1S/C15H19N3O4S/c1-12-4-2-6-14(8-12)23(20,21)18-10-15(19)16-7-3-5-13-9-17-22-11-13/h2,4,6,8-9,11,18H,3,5,7,10H2,1H3,(H,16,19). The fourth-order valence-electron chi connectivity index (χ4n) is 1.96. The molecule has 0 radical (unpaired) electrons. The molecule has 0 atom stereocenters. The third-order valence-corrected chi connectivity index (χ3v) is 4.57. The topological polar surface area (TPSA) is 101 Å². The second-order valence-corrected chi connectivity index (χ2v) is 6.89. The first kappa shape index (κ1) is 17.2. The summed E-state index contributed by atoms with van der Waals surface area (Å²) in [5.41, 5.74) is 1.80. The molecule has 124 valence electrons. The number of nitrogens with zero attached hydrogens (tertiary/aromatic N) is 1. The number of amides is 1. The third-order valence-electron chi connectivity index (χ3n) is 3.17. The fraction of sp³-hybridized carbons (Fsp3) is 0.333. The van der Waals surface area contributed by atoms with Crippen LogP contribution in [0.2, 0.25) is 0 Å². The van der Waals surface area contributed by atoms with Crippen LogP contribution >= 0.6 is 0 Å². The van der Waals surface area contributed by atoms with Crippen molar-refractivity contribution in [2.75, 3.05) is 13.1 Å². The summed E-state index contributed by atoms with van der Waals surface area (Å²) < 4.78 is 31.1. The zero-order valence-corrected chi connectivity index (χ0v) is 13.6. The molecule has 1 aromatic heterocycles. The number of rotatable bonds is 8. The van der Waals surface area contributed by atoms with Crippen LogP contribution in [0.4, 0.5) is 0 Å². The molecule has 0 aliphatic rings. The third kappa shape index (κ3) is 5.50. The molecule has 0 aliphatic carbocycles. The molecule has 0 saturated heterocycles. The summed E-state index contributed by atoms with van der Waals surface area (Å²) in [5.74, 6) is -0.369. The van der Waals surface area contributed by atoms with Gasteiger partial charge in [-0.2, -0.15) is 0 Å². The average molecular weight is 337 g/mol. The van der Waals surface area contributed by atoms with Gasteiger partial charge in [0.15, 0.2) is 0 Å². The van der Waals surface area contributed by atoms with Gasteiger partial charge < -0.3 is 9.84 Å². The zero-order chi connectivity index (χ0) is 16.7. The van der Waals surface area contributed by atoms with E-state index in [9.17, 15) is 13.2 Å². The van der Waals surface area contributed by atoms with Crippen LogP contribution in [0.5, 0.6) is 0 Å². The lowest BCUT2D eigenvalue weighted by Gasteiger charge is -2.08. The van der Waals surface area contributed by atoms with E-state index in [1.807, 2.05) is 0 Å². The Morgan fingerprint density at radius 1 is 1.35 bits per heavy atom. The van der Waals surface area contributed by atoms with E-state index in [0.29, 0.717) is 6.54 Å². The highest BCUT2D eigenvalue weighted by Gasteiger charge is 2.15. The van der Waals surface area contributed by atoms with E-state index in [1.54, 1.807) is 37.6 Å². The van der Waals surface area contributed by atoms with Gasteiger partial charge in [0.2, 0.25) is 15.9 Å². The maximum absolute atomic E-state index is 12.1. The molecule has 7 nitrogen and oxygen atoms in total. The minimum Gasteiger partial charge on any atom is -0.364 e. The van der Waals surface area contributed by atoms with Crippen molar-refractivity contribution in [3.8, 4) is 0 Å². The lowest BCUT2D eigenvalue weighted by atomic mass is 10.2. The fourth-order valence-corrected chi connectivity index (χ4v) is 3.05. The second kappa shape index (κ2) is 7.89. The van der Waals surface area contributed by atoms with E-state index in [0.717, 1.165) is 24.0 Å². The first-order valence-electron chi connectivity index (χ1n) is 7.19. The molecular weight excluding hydrogens is 318 g/mol. The summed E-state index contributed by atoms with van der Waals surface area (Å²) in [6, 6.07) is 6.52. The van der Waals surface area contributed by atoms with Crippen molar-refractivity contribution in [1.29, 1.82) is 0 Å². The van der Waals surface area contributed by atoms with Crippen LogP contribution in [0, 0.1) is 6.92 Å². The highest BCUT2D eigenvalue weighted by atomic mass is 32.2. The maximum Gasteiger partial charge on any atom is 0.241 e. The van der Waals surface area contributed by atoms with Gasteiger partial charge in [0.1, 0.15) is 6.26 Å². The maximum atomic E-state index is 12.1. The molecule has 0 saturated carbocycles. The Morgan fingerprint density at radius 3 is 2.87 bits per heavy atom. The molecule has 23 heavy (non-hydrogen) atoms. The number of sulfonamides is 1. The number of benzene rings is 1. The Balaban J connectivity index is 1.73. The van der Waals surface area contributed by atoms with Crippen molar-refractivity contribution >= 4 is 15.9 Å². The van der Waals surface area contributed by atoms with Crippen LogP contribution in [-0.4, -0.2) is 32.6 Å². The highest BCUT2D eigenvalue weighted by molar-refractivity contribution is 7.89. The summed E-state index contributed by atoms with van der Waals surface area (Å²) in [6.07, 6.45) is 4.63. The van der Waals surface area contributed by atoms with Crippen molar-refractivity contribution in [1.82, 2.24) is 15.2 Å². The summed E-state index contributed by atoms with van der Waals surface area (Å²) in [5, 5.41) is 6.25. The zero-order valence-electron chi connectivity index (χ0n) is 12.8. The highest BCUT2D eigenvalue weighted by Crippen LogP contribution is 2.10. The van der Waals surface area contributed by atoms with Gasteiger partial charge in [-0.05, 0) is 37.5 Å². The van der Waals surface area contributed by atoms with Crippen LogP contribution in [0.25, 0.3) is 0 Å². The summed E-state index contributed by atoms with van der Waals surface area (Å²) in [6.45, 7) is 1.97. The van der Waals surface area contributed by atoms with E-state index in [-0.39, 0.29) is 17.3 Å². The predicted molar refractivity (Wildman–Crippen MR) is 84.2 cm³/mol. The average Bonchev–Trinajstić information content (AvgIpc) is 3.03. The van der Waals surface area contributed by atoms with Crippen LogP contribution in [0.15, 0.2) is 46.1 Å². The summed E-state index contributed by atoms with van der Waals surface area (Å²) in [4.78, 5) is 11.8. The largest absolute Gasteiger partial charge is 0.364 e. The van der Waals surface area contributed by atoms with E-state index < -0.39 is 10.0 Å². The number of nitrogens with one attached hydrogen (secondary N) is 2. The minimum absolute atomic E-state index is 0.151. The first-order chi connectivity index (χ1) is 11.0. The molecular formula is C15H19N3O4S. The van der Waals surface area contributed by atoms with Crippen LogP contribution in [0.3, 0.4) is 0 Å². The lowest BCUT2D eigenvalue weighted by molar-refractivity contribution is -0.119. The number of hydrogen-bond acceptors (Lipinski definition) is 5. The smallest absolute Gasteiger partial charge is 0.241 e. The SMILES string of the molecule is Cc1cccc(S(=O)(=O)NCC(=O)NCCCc2cnoc2)c1. The van der Waals surface area contributed by atoms with Gasteiger partial charge in [0.25, 0.3) is 0 Å². The van der Waals surface area contributed by atoms with E-state index >= 15 is 0 Å². The van der Waals surface area contributed by atoms with E-state index in [1.165, 1.54) is 6.07 Å². The van der Waals surface area contributed by atoms with Gasteiger partial charge in [0.05, 0.1) is 17.6 Å². The molecule has 0 aliphatic heterocycles. The Morgan fingerprint density at radius 2 is 2.17 bits per heavy atom. The number of carbonyl (C=O) groups is 1. The lowest BCUT2D eigenvalue weighted by Crippen LogP contribution is -2.37. The minimum atomic E-state index is -3.68. The molecule has 1 heterocycles. The molecule has 0 unspecified atom stereocenters. The molecule has 1 aromatic carbocycles. The Hall–Kier alpha value is -2.19. The Labute approximate surface area is 135 Å². The molecule has 8 heteroatoms.